The Morgan fingerprint density at radius 2 is 2.20 bits per heavy atom. The first-order valence-electron chi connectivity index (χ1n) is 3.43. The predicted molar refractivity (Wildman–Crippen MR) is 44.3 cm³/mol. The largest absolute Gasteiger partial charge is 0.465 e. The first kappa shape index (κ1) is 9.82. The summed E-state index contributed by atoms with van der Waals surface area (Å²) in [7, 11) is 0. The number of thiol groups is 1. The molecule has 0 unspecified atom stereocenters. The summed E-state index contributed by atoms with van der Waals surface area (Å²) in [5, 5.41) is 0. The standard InChI is InChI=1S/C7H14O2S/c1-6(2)5-9-7(8)3-4-10/h6,10H,3-5H2,1-2H3. The van der Waals surface area contributed by atoms with Gasteiger partial charge in [-0.25, -0.2) is 0 Å². The molecule has 2 nitrogen and oxygen atoms in total. The molecule has 60 valence electrons. The summed E-state index contributed by atoms with van der Waals surface area (Å²) >= 11 is 3.90. The first-order chi connectivity index (χ1) is 4.66. The van der Waals surface area contributed by atoms with Crippen molar-refractivity contribution >= 4 is 18.6 Å². The Morgan fingerprint density at radius 1 is 1.60 bits per heavy atom. The Kier molecular flexibility index (Phi) is 5.49. The number of carbonyl (C=O) groups is 1. The van der Waals surface area contributed by atoms with Crippen LogP contribution in [0.5, 0.6) is 0 Å². The minimum atomic E-state index is -0.149. The van der Waals surface area contributed by atoms with Crippen molar-refractivity contribution in [1.82, 2.24) is 0 Å². The third-order valence-corrected chi connectivity index (χ3v) is 1.12. The van der Waals surface area contributed by atoms with Gasteiger partial charge in [-0.15, -0.1) is 0 Å². The van der Waals surface area contributed by atoms with E-state index in [2.05, 4.69) is 12.6 Å². The van der Waals surface area contributed by atoms with E-state index in [-0.39, 0.29) is 5.97 Å². The van der Waals surface area contributed by atoms with Gasteiger partial charge in [0.1, 0.15) is 0 Å². The molecule has 0 saturated heterocycles. The van der Waals surface area contributed by atoms with Crippen LogP contribution in [0.1, 0.15) is 20.3 Å². The Balaban J connectivity index is 3.22. The molecule has 0 N–H and O–H groups in total. The second-order valence-electron chi connectivity index (χ2n) is 2.55. The van der Waals surface area contributed by atoms with Crippen LogP contribution in [0.4, 0.5) is 0 Å². The van der Waals surface area contributed by atoms with E-state index in [4.69, 9.17) is 4.74 Å². The van der Waals surface area contributed by atoms with Crippen molar-refractivity contribution in [2.45, 2.75) is 20.3 Å². The maximum absolute atomic E-state index is 10.7. The van der Waals surface area contributed by atoms with E-state index in [1.165, 1.54) is 0 Å². The van der Waals surface area contributed by atoms with Crippen LogP contribution in [0.15, 0.2) is 0 Å². The number of hydrogen-bond donors (Lipinski definition) is 1. The van der Waals surface area contributed by atoms with Crippen LogP contribution in [-0.4, -0.2) is 18.3 Å². The van der Waals surface area contributed by atoms with Crippen LogP contribution < -0.4 is 0 Å². The summed E-state index contributed by atoms with van der Waals surface area (Å²) in [5.74, 6) is 0.837. The fourth-order valence-electron chi connectivity index (χ4n) is 0.423. The molecule has 0 aromatic rings. The van der Waals surface area contributed by atoms with E-state index >= 15 is 0 Å². The summed E-state index contributed by atoms with van der Waals surface area (Å²) < 4.78 is 4.86. The van der Waals surface area contributed by atoms with Gasteiger partial charge in [-0.1, -0.05) is 13.8 Å². The summed E-state index contributed by atoms with van der Waals surface area (Å²) in [6.45, 7) is 4.54. The van der Waals surface area contributed by atoms with E-state index < -0.39 is 0 Å². The van der Waals surface area contributed by atoms with Crippen molar-refractivity contribution < 1.29 is 9.53 Å². The van der Waals surface area contributed by atoms with E-state index in [1.807, 2.05) is 13.8 Å². The Bertz CT molecular complexity index is 102. The van der Waals surface area contributed by atoms with E-state index in [0.29, 0.717) is 24.7 Å². The van der Waals surface area contributed by atoms with Crippen LogP contribution in [0, 0.1) is 5.92 Å². The van der Waals surface area contributed by atoms with Gasteiger partial charge in [0, 0.05) is 5.75 Å². The fourth-order valence-corrected chi connectivity index (χ4v) is 0.606. The third-order valence-electron chi connectivity index (χ3n) is 0.894. The van der Waals surface area contributed by atoms with Crippen LogP contribution in [0.3, 0.4) is 0 Å². The molecule has 10 heavy (non-hydrogen) atoms. The number of esters is 1. The molecule has 3 heteroatoms. The summed E-state index contributed by atoms with van der Waals surface area (Å²) in [6.07, 6.45) is 0.413. The highest BCUT2D eigenvalue weighted by Gasteiger charge is 2.01. The lowest BCUT2D eigenvalue weighted by Crippen LogP contribution is -2.09. The highest BCUT2D eigenvalue weighted by atomic mass is 32.1. The molecule has 0 aliphatic carbocycles. The van der Waals surface area contributed by atoms with Crippen LogP contribution in [0.2, 0.25) is 0 Å². The van der Waals surface area contributed by atoms with Crippen molar-refractivity contribution in [3.8, 4) is 0 Å². The topological polar surface area (TPSA) is 26.3 Å². The van der Waals surface area contributed by atoms with Crippen LogP contribution in [0.25, 0.3) is 0 Å². The van der Waals surface area contributed by atoms with Gasteiger partial charge in [0.15, 0.2) is 0 Å². The molecule has 0 aliphatic rings. The lowest BCUT2D eigenvalue weighted by Gasteiger charge is -2.05. The molecule has 0 atom stereocenters. The van der Waals surface area contributed by atoms with Gasteiger partial charge in [-0.05, 0) is 5.92 Å². The maximum Gasteiger partial charge on any atom is 0.306 e. The molecule has 0 fully saturated rings. The Labute approximate surface area is 67.4 Å². The zero-order chi connectivity index (χ0) is 7.98. The lowest BCUT2D eigenvalue weighted by molar-refractivity contribution is -0.144. The Morgan fingerprint density at radius 3 is 2.60 bits per heavy atom. The quantitative estimate of drug-likeness (QED) is 0.501. The van der Waals surface area contributed by atoms with E-state index in [9.17, 15) is 4.79 Å². The summed E-state index contributed by atoms with van der Waals surface area (Å²) in [4.78, 5) is 10.7. The minimum Gasteiger partial charge on any atom is -0.465 e. The molecule has 0 aromatic carbocycles. The number of carbonyl (C=O) groups excluding carboxylic acids is 1. The number of hydrogen-bond acceptors (Lipinski definition) is 3. The highest BCUT2D eigenvalue weighted by Crippen LogP contribution is 1.95. The predicted octanol–water partition coefficient (Wildman–Crippen LogP) is 1.51. The van der Waals surface area contributed by atoms with Crippen molar-refractivity contribution in [3.05, 3.63) is 0 Å². The average Bonchev–Trinajstić information content (AvgIpc) is 1.85. The third kappa shape index (κ3) is 5.95. The molecule has 0 rings (SSSR count). The van der Waals surface area contributed by atoms with Crippen LogP contribution >= 0.6 is 12.6 Å². The lowest BCUT2D eigenvalue weighted by atomic mass is 10.2. The molecule has 0 amide bonds. The summed E-state index contributed by atoms with van der Waals surface area (Å²) in [5.41, 5.74) is 0. The Hall–Kier alpha value is -0.180. The van der Waals surface area contributed by atoms with Gasteiger partial charge in [-0.2, -0.15) is 12.6 Å². The molecule has 0 aliphatic heterocycles. The monoisotopic (exact) mass is 162 g/mol. The average molecular weight is 162 g/mol. The zero-order valence-electron chi connectivity index (χ0n) is 6.46. The SMILES string of the molecule is CC(C)COC(=O)CCS. The second-order valence-corrected chi connectivity index (χ2v) is 3.00. The van der Waals surface area contributed by atoms with Gasteiger partial charge in [0.25, 0.3) is 0 Å². The molecule has 0 aromatic heterocycles. The number of ether oxygens (including phenoxy) is 1. The maximum atomic E-state index is 10.7. The zero-order valence-corrected chi connectivity index (χ0v) is 7.36. The van der Waals surface area contributed by atoms with Crippen molar-refractivity contribution in [2.75, 3.05) is 12.4 Å². The van der Waals surface area contributed by atoms with E-state index in [0.717, 1.165) is 0 Å². The molecule has 0 heterocycles. The van der Waals surface area contributed by atoms with Gasteiger partial charge in [-0.3, -0.25) is 4.79 Å². The van der Waals surface area contributed by atoms with Crippen molar-refractivity contribution in [1.29, 1.82) is 0 Å². The number of rotatable bonds is 4. The van der Waals surface area contributed by atoms with Crippen molar-refractivity contribution in [2.24, 2.45) is 5.92 Å². The summed E-state index contributed by atoms with van der Waals surface area (Å²) in [6, 6.07) is 0. The smallest absolute Gasteiger partial charge is 0.306 e. The molecule has 0 bridgehead atoms. The molecule has 0 radical (unpaired) electrons. The fraction of sp³-hybridized carbons (Fsp3) is 0.857. The van der Waals surface area contributed by atoms with Crippen molar-refractivity contribution in [3.63, 3.8) is 0 Å². The van der Waals surface area contributed by atoms with Gasteiger partial charge < -0.3 is 4.74 Å². The molecular weight excluding hydrogens is 148 g/mol. The van der Waals surface area contributed by atoms with Crippen LogP contribution in [-0.2, 0) is 9.53 Å². The van der Waals surface area contributed by atoms with Gasteiger partial charge >= 0.3 is 5.97 Å². The molecule has 0 saturated carbocycles. The minimum absolute atomic E-state index is 0.149. The van der Waals surface area contributed by atoms with Gasteiger partial charge in [0.2, 0.25) is 0 Å². The molecular formula is C7H14O2S. The second kappa shape index (κ2) is 5.59. The first-order valence-corrected chi connectivity index (χ1v) is 4.06. The van der Waals surface area contributed by atoms with E-state index in [1.54, 1.807) is 0 Å². The molecule has 0 spiro atoms. The van der Waals surface area contributed by atoms with Gasteiger partial charge in [0.05, 0.1) is 13.0 Å². The highest BCUT2D eigenvalue weighted by molar-refractivity contribution is 7.80. The normalized spacial score (nSPS) is 10.0.